The van der Waals surface area contributed by atoms with E-state index in [2.05, 4.69) is 4.90 Å². The number of hydrogen-bond donors (Lipinski definition) is 0. The summed E-state index contributed by atoms with van der Waals surface area (Å²) in [4.78, 5) is 13.5. The average Bonchev–Trinajstić information content (AvgIpc) is 2.25. The average molecular weight is 183 g/mol. The van der Waals surface area contributed by atoms with Gasteiger partial charge in [-0.2, -0.15) is 0 Å². The summed E-state index contributed by atoms with van der Waals surface area (Å²) in [5.74, 6) is 0.256. The van der Waals surface area contributed by atoms with Crippen LogP contribution in [0.4, 0.5) is 0 Å². The summed E-state index contributed by atoms with van der Waals surface area (Å²) in [6.07, 6.45) is 5.52. The molecule has 66 valence electrons. The van der Waals surface area contributed by atoms with E-state index >= 15 is 0 Å². The van der Waals surface area contributed by atoms with Crippen LogP contribution in [0.5, 0.6) is 0 Å². The van der Waals surface area contributed by atoms with Crippen LogP contribution in [0.3, 0.4) is 0 Å². The number of rotatable bonds is 0. The Bertz CT molecular complexity index is 215. The molecule has 0 aromatic heterocycles. The van der Waals surface area contributed by atoms with Crippen molar-refractivity contribution in [3.63, 3.8) is 0 Å². The molecule has 12 heavy (non-hydrogen) atoms. The van der Waals surface area contributed by atoms with E-state index in [0.29, 0.717) is 11.9 Å². The lowest BCUT2D eigenvalue weighted by Gasteiger charge is -2.32. The number of thioether (sulfide) groups is 1. The summed E-state index contributed by atoms with van der Waals surface area (Å²) in [5, 5.41) is 2.53. The first-order chi connectivity index (χ1) is 5.86. The monoisotopic (exact) mass is 183 g/mol. The number of hydrogen-bond acceptors (Lipinski definition) is 3. The minimum absolute atomic E-state index is 0.256. The molecule has 1 unspecified atom stereocenters. The summed E-state index contributed by atoms with van der Waals surface area (Å²) in [6, 6.07) is 0. The fourth-order valence-electron chi connectivity index (χ4n) is 1.75. The highest BCUT2D eigenvalue weighted by atomic mass is 32.2. The third-order valence-corrected chi connectivity index (χ3v) is 3.54. The van der Waals surface area contributed by atoms with Crippen LogP contribution < -0.4 is 0 Å². The summed E-state index contributed by atoms with van der Waals surface area (Å²) in [5.41, 5.74) is 0. The van der Waals surface area contributed by atoms with Crippen LogP contribution in [0, 0.1) is 0 Å². The van der Waals surface area contributed by atoms with Crippen LogP contribution in [-0.4, -0.2) is 29.1 Å². The van der Waals surface area contributed by atoms with Gasteiger partial charge in [0.15, 0.2) is 5.78 Å². The fraction of sp³-hybridized carbons (Fsp3) is 0.667. The van der Waals surface area contributed by atoms with E-state index in [1.807, 2.05) is 5.41 Å². The molecule has 0 N–H and O–H groups in total. The van der Waals surface area contributed by atoms with Gasteiger partial charge in [0.2, 0.25) is 0 Å². The Hall–Kier alpha value is -0.280. The molecule has 1 atom stereocenters. The van der Waals surface area contributed by atoms with E-state index in [1.165, 1.54) is 19.3 Å². The van der Waals surface area contributed by atoms with Gasteiger partial charge in [0, 0.05) is 0 Å². The Morgan fingerprint density at radius 2 is 2.42 bits per heavy atom. The van der Waals surface area contributed by atoms with Crippen molar-refractivity contribution in [3.05, 3.63) is 11.5 Å². The minimum Gasteiger partial charge on any atom is -0.293 e. The normalized spacial score (nSPS) is 31.3. The van der Waals surface area contributed by atoms with Crippen molar-refractivity contribution in [2.45, 2.75) is 24.6 Å². The van der Waals surface area contributed by atoms with Gasteiger partial charge in [0.05, 0.1) is 11.9 Å². The van der Waals surface area contributed by atoms with Crippen molar-refractivity contribution in [3.8, 4) is 0 Å². The SMILES string of the molecule is O=C1C=CSC2CCCCN2C1. The molecule has 0 aromatic rings. The lowest BCUT2D eigenvalue weighted by Crippen LogP contribution is -2.39. The van der Waals surface area contributed by atoms with E-state index in [1.54, 1.807) is 17.8 Å². The maximum Gasteiger partial charge on any atom is 0.170 e. The van der Waals surface area contributed by atoms with Gasteiger partial charge in [0.1, 0.15) is 0 Å². The molecule has 0 spiro atoms. The molecule has 2 heterocycles. The lowest BCUT2D eigenvalue weighted by atomic mass is 10.1. The molecule has 2 aliphatic heterocycles. The molecule has 2 rings (SSSR count). The topological polar surface area (TPSA) is 20.3 Å². The van der Waals surface area contributed by atoms with Crippen molar-refractivity contribution in [1.29, 1.82) is 0 Å². The second-order valence-electron chi connectivity index (χ2n) is 3.33. The zero-order valence-electron chi connectivity index (χ0n) is 7.03. The van der Waals surface area contributed by atoms with Gasteiger partial charge in [-0.1, -0.05) is 0 Å². The number of fused-ring (bicyclic) bond motifs is 1. The Morgan fingerprint density at radius 3 is 3.33 bits per heavy atom. The lowest BCUT2D eigenvalue weighted by molar-refractivity contribution is -0.116. The summed E-state index contributed by atoms with van der Waals surface area (Å²) in [6.45, 7) is 1.74. The van der Waals surface area contributed by atoms with Crippen LogP contribution in [-0.2, 0) is 4.79 Å². The van der Waals surface area contributed by atoms with Crippen LogP contribution in [0.25, 0.3) is 0 Å². The summed E-state index contributed by atoms with van der Waals surface area (Å²) < 4.78 is 0. The second-order valence-corrected chi connectivity index (χ2v) is 4.41. The first-order valence-corrected chi connectivity index (χ1v) is 5.39. The first kappa shape index (κ1) is 8.32. The van der Waals surface area contributed by atoms with Crippen molar-refractivity contribution in [2.24, 2.45) is 0 Å². The smallest absolute Gasteiger partial charge is 0.170 e. The van der Waals surface area contributed by atoms with Gasteiger partial charge in [-0.3, -0.25) is 9.69 Å². The predicted molar refractivity (Wildman–Crippen MR) is 51.0 cm³/mol. The molecule has 0 aromatic carbocycles. The Balaban J connectivity index is 2.06. The van der Waals surface area contributed by atoms with Crippen LogP contribution in [0.2, 0.25) is 0 Å². The maximum absolute atomic E-state index is 11.2. The highest BCUT2D eigenvalue weighted by Gasteiger charge is 2.24. The highest BCUT2D eigenvalue weighted by molar-refractivity contribution is 8.02. The van der Waals surface area contributed by atoms with E-state index in [4.69, 9.17) is 0 Å². The van der Waals surface area contributed by atoms with Gasteiger partial charge in [-0.05, 0) is 37.3 Å². The molecular formula is C9H13NOS. The van der Waals surface area contributed by atoms with E-state index in [-0.39, 0.29) is 5.78 Å². The second kappa shape index (κ2) is 3.62. The summed E-state index contributed by atoms with van der Waals surface area (Å²) >= 11 is 1.80. The van der Waals surface area contributed by atoms with Gasteiger partial charge in [-0.15, -0.1) is 11.8 Å². The van der Waals surface area contributed by atoms with Crippen LogP contribution in [0.15, 0.2) is 11.5 Å². The third-order valence-electron chi connectivity index (χ3n) is 2.40. The number of carbonyl (C=O) groups is 1. The molecule has 2 nitrogen and oxygen atoms in total. The van der Waals surface area contributed by atoms with Crippen molar-refractivity contribution >= 4 is 17.5 Å². The Morgan fingerprint density at radius 1 is 1.50 bits per heavy atom. The van der Waals surface area contributed by atoms with Crippen LogP contribution >= 0.6 is 11.8 Å². The molecule has 0 aliphatic carbocycles. The molecule has 0 radical (unpaired) electrons. The Labute approximate surface area is 77.0 Å². The van der Waals surface area contributed by atoms with Crippen LogP contribution in [0.1, 0.15) is 19.3 Å². The van der Waals surface area contributed by atoms with E-state index in [0.717, 1.165) is 6.54 Å². The van der Waals surface area contributed by atoms with Gasteiger partial charge < -0.3 is 0 Å². The molecule has 1 saturated heterocycles. The Kier molecular flexibility index (Phi) is 2.51. The first-order valence-electron chi connectivity index (χ1n) is 4.45. The van der Waals surface area contributed by atoms with E-state index in [9.17, 15) is 4.79 Å². The van der Waals surface area contributed by atoms with Gasteiger partial charge in [-0.25, -0.2) is 0 Å². The molecule has 2 aliphatic rings. The third kappa shape index (κ3) is 1.72. The fourth-order valence-corrected chi connectivity index (χ4v) is 2.82. The quantitative estimate of drug-likeness (QED) is 0.569. The maximum atomic E-state index is 11.2. The van der Waals surface area contributed by atoms with Crippen molar-refractivity contribution in [2.75, 3.05) is 13.1 Å². The molecule has 3 heteroatoms. The number of ketones is 1. The summed E-state index contributed by atoms with van der Waals surface area (Å²) in [7, 11) is 0. The van der Waals surface area contributed by atoms with Gasteiger partial charge >= 0.3 is 0 Å². The number of carbonyl (C=O) groups excluding carboxylic acids is 1. The number of nitrogens with zero attached hydrogens (tertiary/aromatic N) is 1. The molecule has 0 amide bonds. The molecule has 1 fully saturated rings. The minimum atomic E-state index is 0.256. The molecule has 0 bridgehead atoms. The highest BCUT2D eigenvalue weighted by Crippen LogP contribution is 2.28. The van der Waals surface area contributed by atoms with Crippen molar-refractivity contribution in [1.82, 2.24) is 4.90 Å². The predicted octanol–water partition coefficient (Wildman–Crippen LogP) is 1.63. The van der Waals surface area contributed by atoms with Crippen molar-refractivity contribution < 1.29 is 4.79 Å². The van der Waals surface area contributed by atoms with Gasteiger partial charge in [0.25, 0.3) is 0 Å². The zero-order valence-corrected chi connectivity index (χ0v) is 7.85. The van der Waals surface area contributed by atoms with E-state index < -0.39 is 0 Å². The molecule has 0 saturated carbocycles. The zero-order chi connectivity index (χ0) is 8.39. The standard InChI is InChI=1S/C9H13NOS/c11-8-4-6-12-9-3-1-2-5-10(9)7-8/h4,6,9H,1-3,5,7H2. The molecular weight excluding hydrogens is 170 g/mol. The number of piperidine rings is 1. The largest absolute Gasteiger partial charge is 0.293 e.